The Morgan fingerprint density at radius 2 is 2.23 bits per heavy atom. The Morgan fingerprint density at radius 3 is 2.88 bits per heavy atom. The summed E-state index contributed by atoms with van der Waals surface area (Å²) in [6.07, 6.45) is 6.06. The minimum atomic E-state index is 0.0854. The minimum Gasteiger partial charge on any atom is -0.356 e. The van der Waals surface area contributed by atoms with Gasteiger partial charge in [-0.2, -0.15) is 5.10 Å². The number of anilines is 1. The summed E-state index contributed by atoms with van der Waals surface area (Å²) in [5.74, 6) is 1.57. The first-order valence-corrected chi connectivity index (χ1v) is 9.57. The zero-order valence-corrected chi connectivity index (χ0v) is 16.2. The van der Waals surface area contributed by atoms with E-state index in [4.69, 9.17) is 0 Å². The normalized spacial score (nSPS) is 22.3. The second-order valence-electron chi connectivity index (χ2n) is 7.22. The Balaban J connectivity index is 1.50. The predicted molar refractivity (Wildman–Crippen MR) is 103 cm³/mol. The van der Waals surface area contributed by atoms with Gasteiger partial charge in [0.25, 0.3) is 0 Å². The van der Waals surface area contributed by atoms with E-state index in [1.165, 1.54) is 25.9 Å². The van der Waals surface area contributed by atoms with Gasteiger partial charge in [-0.3, -0.25) is 14.5 Å². The van der Waals surface area contributed by atoms with Gasteiger partial charge in [0.1, 0.15) is 6.54 Å². The van der Waals surface area contributed by atoms with Crippen molar-refractivity contribution in [2.75, 3.05) is 57.8 Å². The maximum Gasteiger partial charge on any atom is 0.246 e. The SMILES string of the molecule is CCCN1CCC(CNC(=NC)N2CCN(c3cnn(C)c3)C(=O)C2)C1. The summed E-state index contributed by atoms with van der Waals surface area (Å²) in [6.45, 7) is 8.47. The second-order valence-corrected chi connectivity index (χ2v) is 7.22. The van der Waals surface area contributed by atoms with Gasteiger partial charge in [-0.15, -0.1) is 0 Å². The number of aromatic nitrogens is 2. The van der Waals surface area contributed by atoms with Gasteiger partial charge < -0.3 is 20.0 Å². The van der Waals surface area contributed by atoms with Crippen LogP contribution in [0.3, 0.4) is 0 Å². The Bertz CT molecular complexity index is 641. The molecule has 2 aliphatic rings. The van der Waals surface area contributed by atoms with E-state index in [0.29, 0.717) is 19.0 Å². The fourth-order valence-electron chi connectivity index (χ4n) is 3.84. The lowest BCUT2D eigenvalue weighted by atomic mass is 10.1. The van der Waals surface area contributed by atoms with Crippen molar-refractivity contribution in [3.8, 4) is 0 Å². The van der Waals surface area contributed by atoms with Crippen molar-refractivity contribution >= 4 is 17.6 Å². The number of carbonyl (C=O) groups excluding carboxylic acids is 1. The number of aryl methyl sites for hydroxylation is 1. The number of carbonyl (C=O) groups is 1. The van der Waals surface area contributed by atoms with Crippen LogP contribution in [0.4, 0.5) is 5.69 Å². The van der Waals surface area contributed by atoms with Crippen molar-refractivity contribution in [1.29, 1.82) is 0 Å². The summed E-state index contributed by atoms with van der Waals surface area (Å²) in [5, 5.41) is 7.64. The van der Waals surface area contributed by atoms with Crippen LogP contribution in [0.2, 0.25) is 0 Å². The van der Waals surface area contributed by atoms with Gasteiger partial charge in [-0.25, -0.2) is 0 Å². The average molecular weight is 361 g/mol. The van der Waals surface area contributed by atoms with E-state index in [9.17, 15) is 4.79 Å². The molecular weight excluding hydrogens is 330 g/mol. The summed E-state index contributed by atoms with van der Waals surface area (Å²) in [7, 11) is 3.65. The number of rotatable bonds is 5. The first kappa shape index (κ1) is 18.7. The molecule has 1 aromatic rings. The van der Waals surface area contributed by atoms with Crippen molar-refractivity contribution in [3.05, 3.63) is 12.4 Å². The van der Waals surface area contributed by atoms with E-state index in [1.807, 2.05) is 18.1 Å². The molecule has 144 valence electrons. The molecule has 3 rings (SSSR count). The molecule has 1 atom stereocenters. The Labute approximate surface area is 155 Å². The molecule has 1 aromatic heterocycles. The van der Waals surface area contributed by atoms with E-state index < -0.39 is 0 Å². The van der Waals surface area contributed by atoms with Crippen molar-refractivity contribution < 1.29 is 4.79 Å². The van der Waals surface area contributed by atoms with Crippen LogP contribution < -0.4 is 10.2 Å². The monoisotopic (exact) mass is 361 g/mol. The molecule has 0 radical (unpaired) electrons. The number of piperazine rings is 1. The van der Waals surface area contributed by atoms with Crippen molar-refractivity contribution in [2.24, 2.45) is 18.0 Å². The molecule has 2 aliphatic heterocycles. The molecule has 8 heteroatoms. The summed E-state index contributed by atoms with van der Waals surface area (Å²) < 4.78 is 1.72. The fraction of sp³-hybridized carbons (Fsp3) is 0.722. The van der Waals surface area contributed by atoms with Crippen LogP contribution in [0, 0.1) is 5.92 Å². The average Bonchev–Trinajstić information content (AvgIpc) is 3.25. The van der Waals surface area contributed by atoms with E-state index in [-0.39, 0.29) is 5.91 Å². The van der Waals surface area contributed by atoms with Crippen LogP contribution >= 0.6 is 0 Å². The molecule has 0 bridgehead atoms. The first-order valence-electron chi connectivity index (χ1n) is 9.57. The van der Waals surface area contributed by atoms with Gasteiger partial charge in [0.2, 0.25) is 5.91 Å². The van der Waals surface area contributed by atoms with Crippen molar-refractivity contribution in [3.63, 3.8) is 0 Å². The van der Waals surface area contributed by atoms with Crippen LogP contribution in [-0.4, -0.2) is 84.3 Å². The number of aliphatic imine (C=N–C) groups is 1. The summed E-state index contributed by atoms with van der Waals surface area (Å²) in [5.41, 5.74) is 0.863. The minimum absolute atomic E-state index is 0.0854. The van der Waals surface area contributed by atoms with Crippen molar-refractivity contribution in [2.45, 2.75) is 19.8 Å². The number of likely N-dealkylation sites (tertiary alicyclic amines) is 1. The van der Waals surface area contributed by atoms with E-state index in [2.05, 4.69) is 27.2 Å². The molecule has 2 fully saturated rings. The standard InChI is InChI=1S/C18H31N7O/c1-4-6-23-7-5-15(12-23)10-20-18(19-2)24-8-9-25(17(26)14-24)16-11-21-22(3)13-16/h11,13,15H,4-10,12,14H2,1-3H3,(H,19,20). The highest BCUT2D eigenvalue weighted by Crippen LogP contribution is 2.17. The second kappa shape index (κ2) is 8.53. The smallest absolute Gasteiger partial charge is 0.246 e. The summed E-state index contributed by atoms with van der Waals surface area (Å²) in [4.78, 5) is 23.3. The number of hydrogen-bond donors (Lipinski definition) is 1. The van der Waals surface area contributed by atoms with Crippen molar-refractivity contribution in [1.82, 2.24) is 24.9 Å². The number of hydrogen-bond acceptors (Lipinski definition) is 4. The molecule has 3 heterocycles. The Hall–Kier alpha value is -2.09. The third kappa shape index (κ3) is 4.35. The lowest BCUT2D eigenvalue weighted by molar-refractivity contribution is -0.120. The third-order valence-corrected chi connectivity index (χ3v) is 5.19. The highest BCUT2D eigenvalue weighted by Gasteiger charge is 2.28. The molecule has 1 amide bonds. The van der Waals surface area contributed by atoms with Gasteiger partial charge in [0.15, 0.2) is 5.96 Å². The summed E-state index contributed by atoms with van der Waals surface area (Å²) in [6, 6.07) is 0. The molecule has 0 aromatic carbocycles. The van der Waals surface area contributed by atoms with Gasteiger partial charge >= 0.3 is 0 Å². The number of nitrogens with zero attached hydrogens (tertiary/aromatic N) is 6. The maximum atomic E-state index is 12.6. The third-order valence-electron chi connectivity index (χ3n) is 5.19. The van der Waals surface area contributed by atoms with Gasteiger partial charge in [0, 0.05) is 46.5 Å². The highest BCUT2D eigenvalue weighted by atomic mass is 16.2. The number of guanidine groups is 1. The molecule has 1 unspecified atom stereocenters. The van der Waals surface area contributed by atoms with Gasteiger partial charge in [0.05, 0.1) is 11.9 Å². The molecule has 0 saturated carbocycles. The van der Waals surface area contributed by atoms with Crippen LogP contribution in [0.15, 0.2) is 17.4 Å². The zero-order chi connectivity index (χ0) is 18.5. The molecule has 2 saturated heterocycles. The molecule has 1 N–H and O–H groups in total. The molecular formula is C18H31N7O. The molecule has 26 heavy (non-hydrogen) atoms. The van der Waals surface area contributed by atoms with E-state index >= 15 is 0 Å². The van der Waals surface area contributed by atoms with Crippen LogP contribution in [0.5, 0.6) is 0 Å². The molecule has 0 spiro atoms. The van der Waals surface area contributed by atoms with E-state index in [0.717, 1.165) is 31.3 Å². The van der Waals surface area contributed by atoms with Gasteiger partial charge in [-0.05, 0) is 31.8 Å². The zero-order valence-electron chi connectivity index (χ0n) is 16.2. The Kier molecular flexibility index (Phi) is 6.13. The molecule has 8 nitrogen and oxygen atoms in total. The lowest BCUT2D eigenvalue weighted by Crippen LogP contribution is -2.55. The lowest BCUT2D eigenvalue weighted by Gasteiger charge is -2.35. The molecule has 0 aliphatic carbocycles. The maximum absolute atomic E-state index is 12.6. The highest BCUT2D eigenvalue weighted by molar-refractivity contribution is 5.98. The Morgan fingerprint density at radius 1 is 1.38 bits per heavy atom. The summed E-state index contributed by atoms with van der Waals surface area (Å²) >= 11 is 0. The topological polar surface area (TPSA) is 69.0 Å². The van der Waals surface area contributed by atoms with Crippen LogP contribution in [0.1, 0.15) is 19.8 Å². The number of amides is 1. The quantitative estimate of drug-likeness (QED) is 0.606. The van der Waals surface area contributed by atoms with Crippen LogP contribution in [0.25, 0.3) is 0 Å². The predicted octanol–water partition coefficient (Wildman–Crippen LogP) is 0.376. The van der Waals surface area contributed by atoms with Gasteiger partial charge in [-0.1, -0.05) is 6.92 Å². The van der Waals surface area contributed by atoms with Crippen LogP contribution in [-0.2, 0) is 11.8 Å². The number of nitrogens with one attached hydrogen (secondary N) is 1. The first-order chi connectivity index (χ1) is 12.6. The van der Waals surface area contributed by atoms with E-state index in [1.54, 1.807) is 22.8 Å². The fourth-order valence-corrected chi connectivity index (χ4v) is 3.84. The largest absolute Gasteiger partial charge is 0.356 e.